The molecule has 1 heterocycles. The summed E-state index contributed by atoms with van der Waals surface area (Å²) in [4.78, 5) is 38.6. The Kier molecular flexibility index (Phi) is 5.06. The van der Waals surface area contributed by atoms with Crippen LogP contribution in [0.4, 0.5) is 10.5 Å². The predicted octanol–water partition coefficient (Wildman–Crippen LogP) is 2.83. The smallest absolute Gasteiger partial charge is 0.324 e. The molecule has 1 spiro atoms. The van der Waals surface area contributed by atoms with Crippen molar-refractivity contribution in [2.45, 2.75) is 57.4 Å². The SMILES string of the molecule is CCc1ccccc1NC(=O)CN1C(=O)NC2(CCCCCC2)C1=O. The zero-order valence-corrected chi connectivity index (χ0v) is 14.6. The van der Waals surface area contributed by atoms with Gasteiger partial charge in [0.15, 0.2) is 0 Å². The highest BCUT2D eigenvalue weighted by Gasteiger charge is 2.51. The Morgan fingerprint density at radius 2 is 1.84 bits per heavy atom. The van der Waals surface area contributed by atoms with Crippen molar-refractivity contribution in [3.63, 3.8) is 0 Å². The second kappa shape index (κ2) is 7.25. The van der Waals surface area contributed by atoms with Gasteiger partial charge in [-0.2, -0.15) is 0 Å². The van der Waals surface area contributed by atoms with E-state index in [2.05, 4.69) is 10.6 Å². The monoisotopic (exact) mass is 343 g/mol. The van der Waals surface area contributed by atoms with Crippen LogP contribution in [0.15, 0.2) is 24.3 Å². The van der Waals surface area contributed by atoms with Crippen molar-refractivity contribution in [1.29, 1.82) is 0 Å². The summed E-state index contributed by atoms with van der Waals surface area (Å²) in [5.74, 6) is -0.603. The third-order valence-electron chi connectivity index (χ3n) is 5.18. The second-order valence-electron chi connectivity index (χ2n) is 6.88. The lowest BCUT2D eigenvalue weighted by atomic mass is 9.90. The van der Waals surface area contributed by atoms with E-state index in [0.29, 0.717) is 12.8 Å². The van der Waals surface area contributed by atoms with E-state index in [9.17, 15) is 14.4 Å². The average Bonchev–Trinajstić information content (AvgIpc) is 2.77. The Bertz CT molecular complexity index is 678. The first-order valence-electron chi connectivity index (χ1n) is 9.07. The van der Waals surface area contributed by atoms with E-state index in [1.165, 1.54) is 0 Å². The molecule has 1 saturated carbocycles. The second-order valence-corrected chi connectivity index (χ2v) is 6.88. The van der Waals surface area contributed by atoms with Gasteiger partial charge in [-0.15, -0.1) is 0 Å². The summed E-state index contributed by atoms with van der Waals surface area (Å²) in [7, 11) is 0. The van der Waals surface area contributed by atoms with E-state index < -0.39 is 11.6 Å². The van der Waals surface area contributed by atoms with E-state index in [0.717, 1.165) is 48.3 Å². The molecule has 6 nitrogen and oxygen atoms in total. The van der Waals surface area contributed by atoms with Gasteiger partial charge in [0, 0.05) is 5.69 Å². The molecule has 1 aromatic carbocycles. The third-order valence-corrected chi connectivity index (χ3v) is 5.18. The summed E-state index contributed by atoms with van der Waals surface area (Å²) in [6, 6.07) is 7.09. The summed E-state index contributed by atoms with van der Waals surface area (Å²) >= 11 is 0. The van der Waals surface area contributed by atoms with E-state index in [4.69, 9.17) is 0 Å². The number of aryl methyl sites for hydroxylation is 1. The fourth-order valence-corrected chi connectivity index (χ4v) is 3.77. The van der Waals surface area contributed by atoms with Crippen LogP contribution in [0.2, 0.25) is 0 Å². The van der Waals surface area contributed by atoms with Crippen LogP contribution in [0, 0.1) is 0 Å². The van der Waals surface area contributed by atoms with Crippen LogP contribution in [-0.4, -0.2) is 34.8 Å². The maximum atomic E-state index is 12.8. The Hall–Kier alpha value is -2.37. The van der Waals surface area contributed by atoms with Gasteiger partial charge in [-0.05, 0) is 30.9 Å². The number of nitrogens with one attached hydrogen (secondary N) is 2. The molecule has 0 radical (unpaired) electrons. The van der Waals surface area contributed by atoms with Crippen LogP contribution in [0.5, 0.6) is 0 Å². The first-order chi connectivity index (χ1) is 12.1. The molecule has 2 fully saturated rings. The molecular weight excluding hydrogens is 318 g/mol. The van der Waals surface area contributed by atoms with Gasteiger partial charge in [-0.1, -0.05) is 50.8 Å². The lowest BCUT2D eigenvalue weighted by molar-refractivity contribution is -0.134. The molecular formula is C19H25N3O3. The van der Waals surface area contributed by atoms with E-state index in [1.807, 2.05) is 31.2 Å². The minimum atomic E-state index is -0.796. The third kappa shape index (κ3) is 3.52. The highest BCUT2D eigenvalue weighted by atomic mass is 16.2. The van der Waals surface area contributed by atoms with Gasteiger partial charge in [0.05, 0.1) is 0 Å². The fourth-order valence-electron chi connectivity index (χ4n) is 3.77. The molecule has 6 heteroatoms. The summed E-state index contributed by atoms with van der Waals surface area (Å²) < 4.78 is 0. The molecule has 1 saturated heterocycles. The van der Waals surface area contributed by atoms with Crippen molar-refractivity contribution >= 4 is 23.5 Å². The van der Waals surface area contributed by atoms with Gasteiger partial charge in [0.1, 0.15) is 12.1 Å². The number of hydrogen-bond acceptors (Lipinski definition) is 3. The van der Waals surface area contributed by atoms with Crippen molar-refractivity contribution in [1.82, 2.24) is 10.2 Å². The molecule has 0 atom stereocenters. The van der Waals surface area contributed by atoms with Crippen molar-refractivity contribution in [2.75, 3.05) is 11.9 Å². The van der Waals surface area contributed by atoms with Gasteiger partial charge in [0.25, 0.3) is 5.91 Å². The zero-order valence-electron chi connectivity index (χ0n) is 14.6. The Morgan fingerprint density at radius 1 is 1.16 bits per heavy atom. The van der Waals surface area contributed by atoms with E-state index in [-0.39, 0.29) is 18.4 Å². The molecule has 25 heavy (non-hydrogen) atoms. The topological polar surface area (TPSA) is 78.5 Å². The number of para-hydroxylation sites is 1. The molecule has 1 aromatic rings. The first kappa shape index (κ1) is 17.5. The molecule has 134 valence electrons. The van der Waals surface area contributed by atoms with Crippen LogP contribution in [0.3, 0.4) is 0 Å². The normalized spacial score (nSPS) is 19.6. The van der Waals surface area contributed by atoms with Gasteiger partial charge >= 0.3 is 6.03 Å². The van der Waals surface area contributed by atoms with Crippen LogP contribution in [-0.2, 0) is 16.0 Å². The van der Waals surface area contributed by atoms with E-state index in [1.54, 1.807) is 0 Å². The van der Waals surface area contributed by atoms with Gasteiger partial charge in [-0.25, -0.2) is 4.79 Å². The van der Waals surface area contributed by atoms with Crippen molar-refractivity contribution in [3.05, 3.63) is 29.8 Å². The summed E-state index contributed by atoms with van der Waals surface area (Å²) in [5.41, 5.74) is 0.953. The highest BCUT2D eigenvalue weighted by molar-refractivity contribution is 6.10. The van der Waals surface area contributed by atoms with Crippen molar-refractivity contribution < 1.29 is 14.4 Å². The molecule has 2 N–H and O–H groups in total. The molecule has 0 bridgehead atoms. The number of carbonyl (C=O) groups is 3. The largest absolute Gasteiger partial charge is 0.325 e. The quantitative estimate of drug-likeness (QED) is 0.825. The molecule has 0 aromatic heterocycles. The first-order valence-corrected chi connectivity index (χ1v) is 9.07. The minimum Gasteiger partial charge on any atom is -0.324 e. The molecule has 0 unspecified atom stereocenters. The van der Waals surface area contributed by atoms with Crippen LogP contribution in [0.25, 0.3) is 0 Å². The zero-order chi connectivity index (χ0) is 17.9. The number of hydrogen-bond donors (Lipinski definition) is 2. The number of rotatable bonds is 4. The van der Waals surface area contributed by atoms with Crippen molar-refractivity contribution in [2.24, 2.45) is 0 Å². The molecule has 4 amide bonds. The van der Waals surface area contributed by atoms with Crippen LogP contribution < -0.4 is 10.6 Å². The number of amides is 4. The van der Waals surface area contributed by atoms with Gasteiger partial charge < -0.3 is 10.6 Å². The number of carbonyl (C=O) groups excluding carboxylic acids is 3. The highest BCUT2D eigenvalue weighted by Crippen LogP contribution is 2.32. The van der Waals surface area contributed by atoms with E-state index >= 15 is 0 Å². The average molecular weight is 343 g/mol. The Morgan fingerprint density at radius 3 is 2.52 bits per heavy atom. The maximum Gasteiger partial charge on any atom is 0.325 e. The predicted molar refractivity (Wildman–Crippen MR) is 95.1 cm³/mol. The molecule has 2 aliphatic rings. The van der Waals surface area contributed by atoms with Crippen molar-refractivity contribution in [3.8, 4) is 0 Å². The maximum absolute atomic E-state index is 12.8. The number of benzene rings is 1. The Balaban J connectivity index is 1.69. The molecule has 1 aliphatic carbocycles. The minimum absolute atomic E-state index is 0.246. The number of anilines is 1. The summed E-state index contributed by atoms with van der Waals surface area (Å²) in [5, 5.41) is 5.68. The van der Waals surface area contributed by atoms with Crippen LogP contribution >= 0.6 is 0 Å². The fraction of sp³-hybridized carbons (Fsp3) is 0.526. The molecule has 1 aliphatic heterocycles. The number of nitrogens with zero attached hydrogens (tertiary/aromatic N) is 1. The lowest BCUT2D eigenvalue weighted by Crippen LogP contribution is -2.47. The van der Waals surface area contributed by atoms with Gasteiger partial charge in [0.2, 0.25) is 5.91 Å². The molecule has 3 rings (SSSR count). The van der Waals surface area contributed by atoms with Gasteiger partial charge in [-0.3, -0.25) is 14.5 Å². The summed E-state index contributed by atoms with van der Waals surface area (Å²) in [6.07, 6.45) is 6.13. The lowest BCUT2D eigenvalue weighted by Gasteiger charge is -2.24. The summed E-state index contributed by atoms with van der Waals surface area (Å²) in [6.45, 7) is 1.77. The Labute approximate surface area is 148 Å². The van der Waals surface area contributed by atoms with Crippen LogP contribution in [0.1, 0.15) is 51.0 Å². The standard InChI is InChI=1S/C19H25N3O3/c1-2-14-9-5-6-10-15(14)20-16(23)13-22-17(24)19(21-18(22)25)11-7-3-4-8-12-19/h5-6,9-10H,2-4,7-8,11-13H2,1H3,(H,20,23)(H,21,25). The number of imide groups is 1. The number of urea groups is 1.